The van der Waals surface area contributed by atoms with Crippen molar-refractivity contribution in [1.82, 2.24) is 0 Å². The molecule has 0 saturated heterocycles. The van der Waals surface area contributed by atoms with Crippen LogP contribution in [0, 0.1) is 0 Å². The first-order valence-corrected chi connectivity index (χ1v) is 17.3. The molecule has 12 heteroatoms. The van der Waals surface area contributed by atoms with Gasteiger partial charge in [-0.05, 0) is 53.9 Å². The van der Waals surface area contributed by atoms with E-state index in [1.54, 1.807) is 14.2 Å². The summed E-state index contributed by atoms with van der Waals surface area (Å²) in [7, 11) is -7.50. The van der Waals surface area contributed by atoms with Crippen LogP contribution in [0.2, 0.25) is 17.1 Å². The molecule has 0 aromatic rings. The van der Waals surface area contributed by atoms with Crippen molar-refractivity contribution in [2.75, 3.05) is 27.0 Å². The maximum atomic E-state index is 11.8. The Morgan fingerprint density at radius 2 is 1.41 bits per heavy atom. The van der Waals surface area contributed by atoms with Gasteiger partial charge in [-0.15, -0.1) is 0 Å². The third-order valence-electron chi connectivity index (χ3n) is 6.01. The molecule has 3 N–H and O–H groups in total. The zero-order valence-corrected chi connectivity index (χ0v) is 24.3. The van der Waals surface area contributed by atoms with Gasteiger partial charge in [-0.25, -0.2) is 0 Å². The Morgan fingerprint density at radius 3 is 1.75 bits per heavy atom. The highest BCUT2D eigenvalue weighted by Crippen LogP contribution is 2.54. The average Bonchev–Trinajstić information content (AvgIpc) is 2.69. The molecule has 0 bridgehead atoms. The molecule has 0 fully saturated rings. The number of hydrogen-bond acceptors (Lipinski definition) is 7. The molecular weight excluding hydrogens is 471 g/mol. The van der Waals surface area contributed by atoms with Crippen LogP contribution in [0.4, 0.5) is 0 Å². The lowest BCUT2D eigenvalue weighted by Gasteiger charge is -2.51. The van der Waals surface area contributed by atoms with Crippen molar-refractivity contribution in [3.8, 4) is 0 Å². The van der Waals surface area contributed by atoms with Crippen LogP contribution in [-0.4, -0.2) is 77.6 Å². The summed E-state index contributed by atoms with van der Waals surface area (Å²) in [5, 5.41) is 8.79. The van der Waals surface area contributed by atoms with E-state index in [1.807, 2.05) is 48.5 Å². The zero-order valence-electron chi connectivity index (χ0n) is 21.4. The topological polar surface area (TPSA) is 124 Å². The van der Waals surface area contributed by atoms with Gasteiger partial charge in [0.1, 0.15) is 0 Å². The van der Waals surface area contributed by atoms with Gasteiger partial charge in [0.25, 0.3) is 0 Å². The van der Waals surface area contributed by atoms with Gasteiger partial charge < -0.3 is 37.0 Å². The second-order valence-electron chi connectivity index (χ2n) is 8.77. The highest BCUT2D eigenvalue weighted by atomic mass is 31.2. The number of aliphatic hydroxyl groups is 1. The maximum absolute atomic E-state index is 11.8. The Morgan fingerprint density at radius 1 is 0.875 bits per heavy atom. The van der Waals surface area contributed by atoms with Crippen molar-refractivity contribution in [3.63, 3.8) is 0 Å². The summed E-state index contributed by atoms with van der Waals surface area (Å²) in [6.07, 6.45) is 0.698. The van der Waals surface area contributed by atoms with E-state index in [-0.39, 0.29) is 31.0 Å². The lowest BCUT2D eigenvalue weighted by atomic mass is 9.96. The predicted octanol–water partition coefficient (Wildman–Crippen LogP) is 4.04. The molecule has 3 unspecified atom stereocenters. The second-order valence-corrected chi connectivity index (χ2v) is 16.9. The van der Waals surface area contributed by atoms with Crippen LogP contribution in [0.25, 0.3) is 0 Å². The maximum Gasteiger partial charge on any atom is 0.501 e. The van der Waals surface area contributed by atoms with E-state index < -0.39 is 36.1 Å². The highest BCUT2D eigenvalue weighted by molar-refractivity contribution is 7.51. The summed E-state index contributed by atoms with van der Waals surface area (Å²) < 4.78 is 43.0. The Bertz CT molecular complexity index is 571. The molecule has 0 aliphatic rings. The van der Waals surface area contributed by atoms with Crippen LogP contribution in [-0.2, 0) is 26.7 Å². The third-order valence-corrected chi connectivity index (χ3v) is 15.4. The van der Waals surface area contributed by atoms with E-state index in [9.17, 15) is 19.5 Å². The fourth-order valence-electron chi connectivity index (χ4n) is 4.51. The van der Waals surface area contributed by atoms with Crippen LogP contribution in [0.1, 0.15) is 67.7 Å². The first-order chi connectivity index (χ1) is 14.7. The Balaban J connectivity index is 6.43. The molecule has 9 nitrogen and oxygen atoms in total. The van der Waals surface area contributed by atoms with E-state index in [2.05, 4.69) is 0 Å². The fraction of sp³-hybridized carbons (Fsp3) is 1.00. The molecule has 0 amide bonds. The van der Waals surface area contributed by atoms with E-state index in [4.69, 9.17) is 22.1 Å². The molecular formula is C20H47O9PSi2. The summed E-state index contributed by atoms with van der Waals surface area (Å²) in [5.41, 5.74) is 0. The van der Waals surface area contributed by atoms with Gasteiger partial charge in [0.2, 0.25) is 0 Å². The van der Waals surface area contributed by atoms with Gasteiger partial charge in [0, 0.05) is 50.2 Å². The minimum absolute atomic E-state index is 0.000487. The van der Waals surface area contributed by atoms with Crippen LogP contribution < -0.4 is 0 Å². The normalized spacial score (nSPS) is 18.1. The molecule has 0 rings (SSSR count). The monoisotopic (exact) mass is 518 g/mol. The fourth-order valence-corrected chi connectivity index (χ4v) is 13.8. The molecule has 3 atom stereocenters. The van der Waals surface area contributed by atoms with Gasteiger partial charge in [-0.2, -0.15) is 0 Å². The van der Waals surface area contributed by atoms with E-state index in [1.165, 1.54) is 0 Å². The van der Waals surface area contributed by atoms with Gasteiger partial charge >= 0.3 is 25.0 Å². The summed E-state index contributed by atoms with van der Waals surface area (Å²) >= 11 is 0. The Hall–Kier alpha value is 0.344. The molecule has 0 aliphatic carbocycles. The van der Waals surface area contributed by atoms with Gasteiger partial charge in [0.05, 0.1) is 12.3 Å². The molecule has 0 spiro atoms. The molecule has 0 radical (unpaired) electrons. The summed E-state index contributed by atoms with van der Waals surface area (Å²) in [4.78, 5) is 19.2. The van der Waals surface area contributed by atoms with Crippen molar-refractivity contribution in [2.24, 2.45) is 0 Å². The van der Waals surface area contributed by atoms with Crippen molar-refractivity contribution in [2.45, 2.75) is 103 Å². The largest absolute Gasteiger partial charge is 0.501 e. The quantitative estimate of drug-likeness (QED) is 0.182. The molecule has 0 aromatic heterocycles. The summed E-state index contributed by atoms with van der Waals surface area (Å²) in [6, 6.07) is 0.603. The predicted molar refractivity (Wildman–Crippen MR) is 130 cm³/mol. The van der Waals surface area contributed by atoms with Crippen LogP contribution in [0.3, 0.4) is 0 Å². The van der Waals surface area contributed by atoms with Gasteiger partial charge in [0.15, 0.2) is 0 Å². The van der Waals surface area contributed by atoms with Crippen LogP contribution >= 0.6 is 7.60 Å². The van der Waals surface area contributed by atoms with Crippen molar-refractivity contribution in [1.29, 1.82) is 0 Å². The zero-order chi connectivity index (χ0) is 25.2. The van der Waals surface area contributed by atoms with E-state index in [0.29, 0.717) is 25.3 Å². The molecule has 194 valence electrons. The number of rotatable bonds is 18. The Labute approximate surface area is 196 Å². The number of aliphatic hydroxyl groups excluding tert-OH is 1. The van der Waals surface area contributed by atoms with Gasteiger partial charge in [-0.1, -0.05) is 13.8 Å². The lowest BCUT2D eigenvalue weighted by Crippen LogP contribution is -2.61. The average molecular weight is 519 g/mol. The standard InChI is InChI=1S/C20H47O9PSi2/c1-10-20(11-2,31(25-8,27-17(3)4)16-14-30(22,23)24)19(7)29-32(26-9,15-12-13-21)28-18(5)6/h17-19,21H,10-16H2,1-9H3,(H2,22,23,24). The molecule has 0 aliphatic heterocycles. The lowest BCUT2D eigenvalue weighted by molar-refractivity contribution is -0.00503. The minimum atomic E-state index is -4.25. The van der Waals surface area contributed by atoms with E-state index in [0.717, 1.165) is 0 Å². The SMILES string of the molecule is CCC(CC)(C(C)O[Si](CCCO)(OC)OC(C)C)[Si](CCP(=O)(O)O)(OC)OC(C)C. The van der Waals surface area contributed by atoms with Crippen molar-refractivity contribution in [3.05, 3.63) is 0 Å². The highest BCUT2D eigenvalue weighted by Gasteiger charge is 2.61. The summed E-state index contributed by atoms with van der Waals surface area (Å²) in [5.74, 6) is 0. The third kappa shape index (κ3) is 8.85. The molecule has 0 heterocycles. The first-order valence-electron chi connectivity index (χ1n) is 11.5. The van der Waals surface area contributed by atoms with Crippen LogP contribution in [0.15, 0.2) is 0 Å². The smallest absolute Gasteiger partial charge is 0.397 e. The minimum Gasteiger partial charge on any atom is -0.397 e. The molecule has 32 heavy (non-hydrogen) atoms. The second kappa shape index (κ2) is 14.0. The Kier molecular flexibility index (Phi) is 14.2. The van der Waals surface area contributed by atoms with Crippen molar-refractivity contribution >= 4 is 25.0 Å². The van der Waals surface area contributed by atoms with Crippen molar-refractivity contribution < 1.29 is 41.6 Å². The van der Waals surface area contributed by atoms with E-state index >= 15 is 0 Å². The molecule has 0 saturated carbocycles. The van der Waals surface area contributed by atoms with Crippen LogP contribution in [0.5, 0.6) is 0 Å². The first kappa shape index (κ1) is 32.3. The number of hydrogen-bond donors (Lipinski definition) is 3. The molecule has 0 aromatic carbocycles. The van der Waals surface area contributed by atoms with Gasteiger partial charge in [-0.3, -0.25) is 4.57 Å². The summed E-state index contributed by atoms with van der Waals surface area (Å²) in [6.45, 7) is 13.6.